The second kappa shape index (κ2) is 11.2. The Hall–Kier alpha value is -2.62. The van der Waals surface area contributed by atoms with Crippen molar-refractivity contribution < 1.29 is 23.1 Å². The molecule has 12 heteroatoms. The maximum Gasteiger partial charge on any atom is 0.377 e. The summed E-state index contributed by atoms with van der Waals surface area (Å²) >= 11 is 4.50. The number of nitrogens with one attached hydrogen (secondary N) is 1. The van der Waals surface area contributed by atoms with E-state index in [4.69, 9.17) is 4.74 Å². The predicted octanol–water partition coefficient (Wildman–Crippen LogP) is 4.76. The maximum atomic E-state index is 15.0. The van der Waals surface area contributed by atoms with Gasteiger partial charge >= 0.3 is 17.1 Å². The molecule has 1 N–H and O–H groups in total. The zero-order valence-electron chi connectivity index (χ0n) is 18.0. The van der Waals surface area contributed by atoms with Crippen molar-refractivity contribution in [3.8, 4) is 11.8 Å². The number of alkyl halides is 2. The van der Waals surface area contributed by atoms with Gasteiger partial charge in [0.1, 0.15) is 10.6 Å². The average Bonchev–Trinajstić information content (AvgIpc) is 3.17. The van der Waals surface area contributed by atoms with Crippen LogP contribution in [0.3, 0.4) is 0 Å². The first-order chi connectivity index (χ1) is 16.2. The van der Waals surface area contributed by atoms with Crippen LogP contribution in [-0.4, -0.2) is 51.3 Å². The van der Waals surface area contributed by atoms with Crippen LogP contribution < -0.4 is 5.32 Å². The van der Waals surface area contributed by atoms with Crippen LogP contribution in [0.5, 0.6) is 0 Å². The highest BCUT2D eigenvalue weighted by Gasteiger charge is 2.44. The molecule has 178 valence electrons. The van der Waals surface area contributed by atoms with E-state index in [1.54, 1.807) is 49.6 Å². The van der Waals surface area contributed by atoms with Gasteiger partial charge in [0.15, 0.2) is 5.16 Å². The van der Waals surface area contributed by atoms with Crippen LogP contribution in [0.15, 0.2) is 52.4 Å². The minimum absolute atomic E-state index is 0.0475. The van der Waals surface area contributed by atoms with E-state index in [9.17, 15) is 23.6 Å². The minimum Gasteiger partial charge on any atom is -0.464 e. The second-order valence-corrected chi connectivity index (χ2v) is 9.65. The number of halogens is 3. The number of carbonyl (C=O) groups excluding carboxylic acids is 2. The summed E-state index contributed by atoms with van der Waals surface area (Å²) in [6.07, 6.45) is 3.03. The van der Waals surface area contributed by atoms with Crippen LogP contribution in [0.2, 0.25) is 0 Å². The Morgan fingerprint density at radius 3 is 2.65 bits per heavy atom. The highest BCUT2D eigenvalue weighted by atomic mass is 79.9. The molecule has 0 aliphatic heterocycles. The summed E-state index contributed by atoms with van der Waals surface area (Å²) in [5, 5.41) is 8.70. The molecule has 1 aromatic heterocycles. The molecule has 3 rings (SSSR count). The van der Waals surface area contributed by atoms with Crippen molar-refractivity contribution in [1.82, 2.24) is 14.9 Å². The Balaban J connectivity index is 1.94. The van der Waals surface area contributed by atoms with Crippen LogP contribution in [-0.2, 0) is 14.3 Å². The first-order valence-electron chi connectivity index (χ1n) is 9.92. The van der Waals surface area contributed by atoms with E-state index in [0.29, 0.717) is 26.6 Å². The SMILES string of the molecule is CCOC(=O)C(CSC)NC(=O)C(F)(F)Sc1ncc(Br)n1-c1ccc(C#N)c2ccccc12. The van der Waals surface area contributed by atoms with E-state index < -0.39 is 23.2 Å². The molecule has 0 saturated carbocycles. The molecule has 0 aliphatic carbocycles. The molecule has 0 fully saturated rings. The number of ether oxygens (including phenoxy) is 1. The van der Waals surface area contributed by atoms with Crippen molar-refractivity contribution in [1.29, 1.82) is 5.26 Å². The van der Waals surface area contributed by atoms with E-state index in [-0.39, 0.29) is 29.3 Å². The molecule has 0 radical (unpaired) electrons. The zero-order chi connectivity index (χ0) is 24.9. The molecule has 1 unspecified atom stereocenters. The highest BCUT2D eigenvalue weighted by Crippen LogP contribution is 2.39. The lowest BCUT2D eigenvalue weighted by molar-refractivity contribution is -0.148. The number of nitriles is 1. The number of fused-ring (bicyclic) bond motifs is 1. The van der Waals surface area contributed by atoms with Gasteiger partial charge in [-0.3, -0.25) is 9.36 Å². The molecule has 1 amide bonds. The fourth-order valence-corrected chi connectivity index (χ4v) is 5.07. The Bertz CT molecular complexity index is 1260. The van der Waals surface area contributed by atoms with Crippen molar-refractivity contribution in [3.63, 3.8) is 0 Å². The van der Waals surface area contributed by atoms with Gasteiger partial charge in [-0.05, 0) is 53.0 Å². The Kier molecular flexibility index (Phi) is 8.57. The van der Waals surface area contributed by atoms with E-state index in [1.165, 1.54) is 22.5 Å². The quantitative estimate of drug-likeness (QED) is 0.293. The van der Waals surface area contributed by atoms with Gasteiger partial charge in [-0.2, -0.15) is 25.8 Å². The van der Waals surface area contributed by atoms with E-state index in [0.717, 1.165) is 0 Å². The molecule has 0 saturated heterocycles. The fourth-order valence-electron chi connectivity index (χ4n) is 3.16. The number of aromatic nitrogens is 2. The number of carbonyl (C=O) groups is 2. The third-order valence-electron chi connectivity index (χ3n) is 4.64. The predicted molar refractivity (Wildman–Crippen MR) is 131 cm³/mol. The molecule has 1 heterocycles. The summed E-state index contributed by atoms with van der Waals surface area (Å²) in [7, 11) is 0. The summed E-state index contributed by atoms with van der Waals surface area (Å²) < 4.78 is 36.6. The molecule has 0 spiro atoms. The largest absolute Gasteiger partial charge is 0.464 e. The highest BCUT2D eigenvalue weighted by molar-refractivity contribution is 9.10. The van der Waals surface area contributed by atoms with Gasteiger partial charge in [-0.15, -0.1) is 0 Å². The van der Waals surface area contributed by atoms with Gasteiger partial charge < -0.3 is 10.1 Å². The standard InChI is InChI=1S/C22H19BrF2N4O3S2/c1-3-32-19(30)16(12-33-2)28-20(31)22(24,25)34-21-27-11-18(23)29(21)17-9-8-13(10-26)14-6-4-5-7-15(14)17/h4-9,11,16H,3,12H2,1-2H3,(H,28,31). The Labute approximate surface area is 211 Å². The molecular formula is C22H19BrF2N4O3S2. The van der Waals surface area contributed by atoms with Gasteiger partial charge in [0.05, 0.1) is 30.1 Å². The number of imidazole rings is 1. The van der Waals surface area contributed by atoms with Gasteiger partial charge in [0.25, 0.3) is 0 Å². The molecule has 3 aromatic rings. The molecule has 7 nitrogen and oxygen atoms in total. The third-order valence-corrected chi connectivity index (χ3v) is 6.78. The molecule has 2 aromatic carbocycles. The Morgan fingerprint density at radius 2 is 2.00 bits per heavy atom. The molecule has 1 atom stereocenters. The molecule has 34 heavy (non-hydrogen) atoms. The van der Waals surface area contributed by atoms with Gasteiger partial charge in [0.2, 0.25) is 0 Å². The summed E-state index contributed by atoms with van der Waals surface area (Å²) in [6, 6.07) is 11.2. The van der Waals surface area contributed by atoms with Crippen LogP contribution >= 0.6 is 39.5 Å². The number of esters is 1. The van der Waals surface area contributed by atoms with Crippen molar-refractivity contribution in [2.75, 3.05) is 18.6 Å². The molecule has 0 bridgehead atoms. The lowest BCUT2D eigenvalue weighted by atomic mass is 10.0. The van der Waals surface area contributed by atoms with Crippen molar-refractivity contribution in [2.45, 2.75) is 23.4 Å². The van der Waals surface area contributed by atoms with Crippen LogP contribution in [0, 0.1) is 11.3 Å². The zero-order valence-corrected chi connectivity index (χ0v) is 21.3. The number of hydrogen-bond acceptors (Lipinski definition) is 7. The first kappa shape index (κ1) is 26.0. The Morgan fingerprint density at radius 1 is 1.29 bits per heavy atom. The number of nitrogens with zero attached hydrogens (tertiary/aromatic N) is 3. The normalized spacial score (nSPS) is 12.2. The van der Waals surface area contributed by atoms with E-state index in [1.807, 2.05) is 0 Å². The fraction of sp³-hybridized carbons (Fsp3) is 0.273. The van der Waals surface area contributed by atoms with Crippen LogP contribution in [0.1, 0.15) is 12.5 Å². The first-order valence-corrected chi connectivity index (χ1v) is 12.9. The van der Waals surface area contributed by atoms with E-state index >= 15 is 0 Å². The van der Waals surface area contributed by atoms with Gasteiger partial charge in [0, 0.05) is 16.5 Å². The lowest BCUT2D eigenvalue weighted by Gasteiger charge is -2.21. The van der Waals surface area contributed by atoms with Gasteiger partial charge in [-0.25, -0.2) is 9.78 Å². The van der Waals surface area contributed by atoms with Crippen LogP contribution in [0.25, 0.3) is 16.5 Å². The lowest BCUT2D eigenvalue weighted by Crippen LogP contribution is -2.49. The second-order valence-electron chi connectivity index (χ2n) is 6.84. The number of thioether (sulfide) groups is 2. The summed E-state index contributed by atoms with van der Waals surface area (Å²) in [5.41, 5.74) is 0.942. The minimum atomic E-state index is -3.94. The van der Waals surface area contributed by atoms with Gasteiger partial charge in [-0.1, -0.05) is 24.3 Å². The summed E-state index contributed by atoms with van der Waals surface area (Å²) in [5.74, 6) is -2.32. The monoisotopic (exact) mass is 568 g/mol. The number of rotatable bonds is 9. The average molecular weight is 569 g/mol. The summed E-state index contributed by atoms with van der Waals surface area (Å²) in [6.45, 7) is 1.65. The van der Waals surface area contributed by atoms with Crippen molar-refractivity contribution in [3.05, 3.63) is 52.8 Å². The number of hydrogen-bond donors (Lipinski definition) is 1. The third kappa shape index (κ3) is 5.54. The van der Waals surface area contributed by atoms with Crippen molar-refractivity contribution >= 4 is 62.1 Å². The topological polar surface area (TPSA) is 97.0 Å². The smallest absolute Gasteiger partial charge is 0.377 e. The van der Waals surface area contributed by atoms with Crippen LogP contribution in [0.4, 0.5) is 8.78 Å². The van der Waals surface area contributed by atoms with Crippen molar-refractivity contribution in [2.24, 2.45) is 0 Å². The maximum absolute atomic E-state index is 15.0. The molecular weight excluding hydrogens is 550 g/mol. The number of benzene rings is 2. The summed E-state index contributed by atoms with van der Waals surface area (Å²) in [4.78, 5) is 28.5. The number of amides is 1. The van der Waals surface area contributed by atoms with E-state index in [2.05, 4.69) is 32.3 Å². The molecule has 0 aliphatic rings.